The van der Waals surface area contributed by atoms with E-state index in [1.165, 1.54) is 16.3 Å². The second kappa shape index (κ2) is 2.83. The summed E-state index contributed by atoms with van der Waals surface area (Å²) >= 11 is 4.31. The molecule has 0 aliphatic carbocycles. The van der Waals surface area contributed by atoms with Crippen LogP contribution >= 0.6 is 12.6 Å². The van der Waals surface area contributed by atoms with Crippen molar-refractivity contribution >= 4 is 23.4 Å². The quantitative estimate of drug-likeness (QED) is 0.581. The topological polar surface area (TPSA) is 0 Å². The van der Waals surface area contributed by atoms with Crippen LogP contribution in [0.4, 0.5) is 0 Å². The number of hydrogen-bond acceptors (Lipinski definition) is 1. The molecule has 2 aromatic carbocycles. The Morgan fingerprint density at radius 2 is 1.92 bits per heavy atom. The summed E-state index contributed by atoms with van der Waals surface area (Å²) in [4.78, 5) is 1.02. The Balaban J connectivity index is 2.88. The summed E-state index contributed by atoms with van der Waals surface area (Å²) in [6.07, 6.45) is 0. The highest BCUT2D eigenvalue weighted by Gasteiger charge is 1.95. The summed E-state index contributed by atoms with van der Waals surface area (Å²) in [5.74, 6) is 0. The largest absolute Gasteiger partial charge is 0.143 e. The molecule has 2 aromatic rings. The minimum absolute atomic E-state index is 1.02. The number of thiol groups is 1. The van der Waals surface area contributed by atoms with Gasteiger partial charge in [-0.3, -0.25) is 0 Å². The first-order chi connectivity index (χ1) is 5.77. The Labute approximate surface area is 77.6 Å². The third-order valence-electron chi connectivity index (χ3n) is 2.08. The Hall–Kier alpha value is -0.950. The van der Waals surface area contributed by atoms with Crippen LogP contribution in [0, 0.1) is 6.92 Å². The zero-order chi connectivity index (χ0) is 8.55. The molecule has 0 saturated carbocycles. The number of rotatable bonds is 0. The molecule has 0 aliphatic heterocycles. The summed E-state index contributed by atoms with van der Waals surface area (Å²) in [6.45, 7) is 2.12. The molecule has 2 rings (SSSR count). The van der Waals surface area contributed by atoms with Crippen molar-refractivity contribution in [1.29, 1.82) is 0 Å². The van der Waals surface area contributed by atoms with E-state index in [0.717, 1.165) is 4.90 Å². The molecule has 60 valence electrons. The maximum atomic E-state index is 4.31. The van der Waals surface area contributed by atoms with Crippen LogP contribution in [-0.2, 0) is 0 Å². The fraction of sp³-hybridized carbons (Fsp3) is 0.0909. The molecule has 0 aromatic heterocycles. The van der Waals surface area contributed by atoms with Gasteiger partial charge in [-0.1, -0.05) is 24.3 Å². The molecule has 0 bridgehead atoms. The summed E-state index contributed by atoms with van der Waals surface area (Å²) in [6, 6.07) is 12.5. The van der Waals surface area contributed by atoms with Gasteiger partial charge < -0.3 is 0 Å². The lowest BCUT2D eigenvalue weighted by Crippen LogP contribution is -1.77. The first-order valence-corrected chi connectivity index (χ1v) is 4.40. The van der Waals surface area contributed by atoms with E-state index in [9.17, 15) is 0 Å². The summed E-state index contributed by atoms with van der Waals surface area (Å²) < 4.78 is 0. The van der Waals surface area contributed by atoms with E-state index < -0.39 is 0 Å². The van der Waals surface area contributed by atoms with E-state index >= 15 is 0 Å². The third-order valence-corrected chi connectivity index (χ3v) is 2.36. The van der Waals surface area contributed by atoms with Crippen molar-refractivity contribution in [2.24, 2.45) is 0 Å². The van der Waals surface area contributed by atoms with Crippen LogP contribution in [0.25, 0.3) is 10.8 Å². The molecule has 0 spiro atoms. The molecule has 0 N–H and O–H groups in total. The Morgan fingerprint density at radius 3 is 2.75 bits per heavy atom. The molecule has 0 heterocycles. The molecule has 0 unspecified atom stereocenters. The van der Waals surface area contributed by atoms with Crippen LogP contribution in [0.3, 0.4) is 0 Å². The number of aryl methyl sites for hydroxylation is 1. The molecule has 0 atom stereocenters. The Bertz CT molecular complexity index is 418. The van der Waals surface area contributed by atoms with Gasteiger partial charge in [0.2, 0.25) is 0 Å². The lowest BCUT2D eigenvalue weighted by molar-refractivity contribution is 1.47. The number of benzene rings is 2. The van der Waals surface area contributed by atoms with E-state index in [-0.39, 0.29) is 0 Å². The maximum absolute atomic E-state index is 4.31. The van der Waals surface area contributed by atoms with E-state index in [0.29, 0.717) is 0 Å². The number of fused-ring (bicyclic) bond motifs is 1. The van der Waals surface area contributed by atoms with Crippen molar-refractivity contribution in [2.75, 3.05) is 0 Å². The van der Waals surface area contributed by atoms with Gasteiger partial charge in [-0.05, 0) is 35.4 Å². The lowest BCUT2D eigenvalue weighted by atomic mass is 10.1. The van der Waals surface area contributed by atoms with Crippen LogP contribution in [0.1, 0.15) is 5.56 Å². The van der Waals surface area contributed by atoms with E-state index in [2.05, 4.69) is 49.9 Å². The SMILES string of the molecule is Cc1cccc2ccc(S)cc12. The molecular weight excluding hydrogens is 164 g/mol. The monoisotopic (exact) mass is 174 g/mol. The second-order valence-corrected chi connectivity index (χ2v) is 3.50. The van der Waals surface area contributed by atoms with Gasteiger partial charge in [0, 0.05) is 4.90 Å². The molecule has 0 amide bonds. The van der Waals surface area contributed by atoms with E-state index in [4.69, 9.17) is 0 Å². The van der Waals surface area contributed by atoms with Crippen LogP contribution in [-0.4, -0.2) is 0 Å². The molecule has 0 fully saturated rings. The molecule has 12 heavy (non-hydrogen) atoms. The fourth-order valence-corrected chi connectivity index (χ4v) is 1.62. The molecule has 0 saturated heterocycles. The van der Waals surface area contributed by atoms with Crippen molar-refractivity contribution in [1.82, 2.24) is 0 Å². The van der Waals surface area contributed by atoms with Gasteiger partial charge in [0.1, 0.15) is 0 Å². The number of hydrogen-bond donors (Lipinski definition) is 1. The van der Waals surface area contributed by atoms with E-state index in [1.807, 2.05) is 6.07 Å². The normalized spacial score (nSPS) is 10.5. The van der Waals surface area contributed by atoms with Gasteiger partial charge in [0.15, 0.2) is 0 Å². The summed E-state index contributed by atoms with van der Waals surface area (Å²) in [5, 5.41) is 2.58. The predicted octanol–water partition coefficient (Wildman–Crippen LogP) is 3.44. The zero-order valence-electron chi connectivity index (χ0n) is 6.91. The van der Waals surface area contributed by atoms with Gasteiger partial charge in [-0.25, -0.2) is 0 Å². The van der Waals surface area contributed by atoms with Gasteiger partial charge in [-0.15, -0.1) is 12.6 Å². The van der Waals surface area contributed by atoms with Crippen molar-refractivity contribution < 1.29 is 0 Å². The Morgan fingerprint density at radius 1 is 1.08 bits per heavy atom. The summed E-state index contributed by atoms with van der Waals surface area (Å²) in [5.41, 5.74) is 1.31. The highest BCUT2D eigenvalue weighted by Crippen LogP contribution is 2.20. The second-order valence-electron chi connectivity index (χ2n) is 2.98. The van der Waals surface area contributed by atoms with Gasteiger partial charge in [0.25, 0.3) is 0 Å². The highest BCUT2D eigenvalue weighted by molar-refractivity contribution is 7.80. The van der Waals surface area contributed by atoms with Crippen molar-refractivity contribution in [3.63, 3.8) is 0 Å². The minimum Gasteiger partial charge on any atom is -0.143 e. The van der Waals surface area contributed by atoms with Gasteiger partial charge >= 0.3 is 0 Å². The van der Waals surface area contributed by atoms with Crippen molar-refractivity contribution in [2.45, 2.75) is 11.8 Å². The van der Waals surface area contributed by atoms with Crippen molar-refractivity contribution in [3.05, 3.63) is 42.0 Å². The average molecular weight is 174 g/mol. The predicted molar refractivity (Wildman–Crippen MR) is 55.9 cm³/mol. The zero-order valence-corrected chi connectivity index (χ0v) is 7.81. The third kappa shape index (κ3) is 1.21. The maximum Gasteiger partial charge on any atom is 0.00464 e. The fourth-order valence-electron chi connectivity index (χ4n) is 1.42. The first-order valence-electron chi connectivity index (χ1n) is 3.96. The van der Waals surface area contributed by atoms with Crippen LogP contribution in [0.2, 0.25) is 0 Å². The van der Waals surface area contributed by atoms with Crippen LogP contribution < -0.4 is 0 Å². The molecular formula is C11H10S. The van der Waals surface area contributed by atoms with Crippen LogP contribution in [0.15, 0.2) is 41.3 Å². The van der Waals surface area contributed by atoms with Crippen LogP contribution in [0.5, 0.6) is 0 Å². The smallest absolute Gasteiger partial charge is 0.00464 e. The lowest BCUT2D eigenvalue weighted by Gasteiger charge is -2.01. The minimum atomic E-state index is 1.02. The molecule has 0 radical (unpaired) electrons. The van der Waals surface area contributed by atoms with Gasteiger partial charge in [-0.2, -0.15) is 0 Å². The standard InChI is InChI=1S/C11H10S/c1-8-3-2-4-9-5-6-10(12)7-11(8)9/h2-7,12H,1H3. The molecule has 1 heteroatoms. The Kier molecular flexibility index (Phi) is 1.81. The first kappa shape index (κ1) is 7.69. The van der Waals surface area contributed by atoms with Gasteiger partial charge in [0.05, 0.1) is 0 Å². The van der Waals surface area contributed by atoms with Crippen molar-refractivity contribution in [3.8, 4) is 0 Å². The van der Waals surface area contributed by atoms with E-state index in [1.54, 1.807) is 0 Å². The summed E-state index contributed by atoms with van der Waals surface area (Å²) in [7, 11) is 0. The highest BCUT2D eigenvalue weighted by atomic mass is 32.1. The average Bonchev–Trinajstić information content (AvgIpc) is 2.07. The molecule has 0 nitrogen and oxygen atoms in total. The molecule has 0 aliphatic rings.